The zero-order chi connectivity index (χ0) is 21.2. The van der Waals surface area contributed by atoms with E-state index >= 15 is 0 Å². The summed E-state index contributed by atoms with van der Waals surface area (Å²) in [5, 5.41) is 4.22. The second-order valence-corrected chi connectivity index (χ2v) is 7.12. The van der Waals surface area contributed by atoms with Crippen LogP contribution in [0.5, 0.6) is 11.6 Å². The van der Waals surface area contributed by atoms with Gasteiger partial charge < -0.3 is 20.4 Å². The average Bonchev–Trinajstić information content (AvgIpc) is 3.17. The molecule has 31 heavy (non-hydrogen) atoms. The number of hydrogen-bond donors (Lipinski definition) is 2. The maximum Gasteiger partial charge on any atom is 0.230 e. The van der Waals surface area contributed by atoms with E-state index in [4.69, 9.17) is 10.5 Å². The molecule has 0 aliphatic heterocycles. The molecule has 5 rings (SSSR count). The van der Waals surface area contributed by atoms with Crippen LogP contribution in [0, 0.1) is 6.92 Å². The molecule has 3 heterocycles. The van der Waals surface area contributed by atoms with Gasteiger partial charge in [-0.15, -0.1) is 0 Å². The highest BCUT2D eigenvalue weighted by Crippen LogP contribution is 2.28. The molecule has 0 aliphatic carbocycles. The number of anilines is 3. The lowest BCUT2D eigenvalue weighted by Crippen LogP contribution is -2.01. The van der Waals surface area contributed by atoms with Gasteiger partial charge in [0.2, 0.25) is 11.8 Å². The highest BCUT2D eigenvalue weighted by atomic mass is 16.5. The van der Waals surface area contributed by atoms with Crippen LogP contribution in [0.1, 0.15) is 5.69 Å². The van der Waals surface area contributed by atoms with Crippen molar-refractivity contribution in [1.82, 2.24) is 19.5 Å². The number of nitrogens with one attached hydrogen (secondary N) is 1. The molecule has 0 saturated carbocycles. The lowest BCUT2D eigenvalue weighted by molar-refractivity contribution is 0.462. The van der Waals surface area contributed by atoms with Gasteiger partial charge in [-0.2, -0.15) is 4.98 Å². The Kier molecular flexibility index (Phi) is 4.68. The summed E-state index contributed by atoms with van der Waals surface area (Å²) in [5.74, 6) is 2.47. The average molecular weight is 408 g/mol. The molecule has 0 radical (unpaired) electrons. The minimum Gasteiger partial charge on any atom is -0.439 e. The van der Waals surface area contributed by atoms with E-state index in [2.05, 4.69) is 20.3 Å². The SMILES string of the molecule is Cc1cc(Oc2ccc3c(ccn3-c3ccccn3)c2)nc(Nc2cccc(N)c2)n1. The Morgan fingerprint density at radius 2 is 1.87 bits per heavy atom. The summed E-state index contributed by atoms with van der Waals surface area (Å²) in [6.07, 6.45) is 3.78. The first kappa shape index (κ1) is 18.6. The lowest BCUT2D eigenvalue weighted by atomic mass is 10.2. The number of hydrogen-bond acceptors (Lipinski definition) is 6. The zero-order valence-electron chi connectivity index (χ0n) is 16.9. The van der Waals surface area contributed by atoms with Crippen LogP contribution in [0.3, 0.4) is 0 Å². The number of nitrogens with two attached hydrogens (primary N) is 1. The number of nitrogens with zero attached hydrogens (tertiary/aromatic N) is 4. The number of pyridine rings is 1. The van der Waals surface area contributed by atoms with E-state index in [0.29, 0.717) is 23.3 Å². The van der Waals surface area contributed by atoms with E-state index in [9.17, 15) is 0 Å². The first-order valence-electron chi connectivity index (χ1n) is 9.83. The molecule has 7 nitrogen and oxygen atoms in total. The van der Waals surface area contributed by atoms with Crippen LogP contribution >= 0.6 is 0 Å². The number of rotatable bonds is 5. The third kappa shape index (κ3) is 4.02. The van der Waals surface area contributed by atoms with E-state index in [1.165, 1.54) is 0 Å². The van der Waals surface area contributed by atoms with Gasteiger partial charge in [-0.3, -0.25) is 0 Å². The molecule has 0 spiro atoms. The van der Waals surface area contributed by atoms with Gasteiger partial charge >= 0.3 is 0 Å². The molecular weight excluding hydrogens is 388 g/mol. The Morgan fingerprint density at radius 1 is 0.935 bits per heavy atom. The lowest BCUT2D eigenvalue weighted by Gasteiger charge is -2.10. The minimum atomic E-state index is 0.447. The largest absolute Gasteiger partial charge is 0.439 e. The summed E-state index contributed by atoms with van der Waals surface area (Å²) < 4.78 is 8.09. The molecule has 5 aromatic rings. The van der Waals surface area contributed by atoms with Crippen LogP contribution in [0.25, 0.3) is 16.7 Å². The van der Waals surface area contributed by atoms with E-state index in [-0.39, 0.29) is 0 Å². The number of ether oxygens (including phenoxy) is 1. The summed E-state index contributed by atoms with van der Waals surface area (Å²) in [7, 11) is 0. The van der Waals surface area contributed by atoms with Crippen LogP contribution in [0.4, 0.5) is 17.3 Å². The van der Waals surface area contributed by atoms with Gasteiger partial charge in [0.05, 0.1) is 5.52 Å². The van der Waals surface area contributed by atoms with Gasteiger partial charge in [0.15, 0.2) is 0 Å². The number of aryl methyl sites for hydroxylation is 1. The van der Waals surface area contributed by atoms with Crippen molar-refractivity contribution in [2.75, 3.05) is 11.1 Å². The van der Waals surface area contributed by atoms with Crippen molar-refractivity contribution in [2.45, 2.75) is 6.92 Å². The van der Waals surface area contributed by atoms with Gasteiger partial charge in [-0.05, 0) is 61.5 Å². The monoisotopic (exact) mass is 408 g/mol. The Labute approximate surface area is 179 Å². The van der Waals surface area contributed by atoms with Gasteiger partial charge in [-0.25, -0.2) is 9.97 Å². The number of fused-ring (bicyclic) bond motifs is 1. The highest BCUT2D eigenvalue weighted by molar-refractivity contribution is 5.83. The highest BCUT2D eigenvalue weighted by Gasteiger charge is 2.09. The molecule has 3 N–H and O–H groups in total. The standard InChI is InChI=1S/C24H20N6O/c1-16-13-23(29-24(27-16)28-19-6-4-5-18(25)15-19)31-20-8-9-21-17(14-20)10-12-30(21)22-7-2-3-11-26-22/h2-15H,25H2,1H3,(H,27,28,29). The Balaban J connectivity index is 1.41. The number of benzene rings is 2. The minimum absolute atomic E-state index is 0.447. The fourth-order valence-corrected chi connectivity index (χ4v) is 3.39. The van der Waals surface area contributed by atoms with Gasteiger partial charge in [0.1, 0.15) is 11.6 Å². The molecule has 2 aromatic carbocycles. The normalized spacial score (nSPS) is 10.9. The van der Waals surface area contributed by atoms with E-state index in [1.54, 1.807) is 12.3 Å². The summed E-state index contributed by atoms with van der Waals surface area (Å²) >= 11 is 0. The number of aromatic nitrogens is 4. The molecule has 0 saturated heterocycles. The van der Waals surface area contributed by atoms with Crippen molar-refractivity contribution < 1.29 is 4.74 Å². The fourth-order valence-electron chi connectivity index (χ4n) is 3.39. The van der Waals surface area contributed by atoms with Crippen LogP contribution in [0.2, 0.25) is 0 Å². The second kappa shape index (κ2) is 7.79. The summed E-state index contributed by atoms with van der Waals surface area (Å²) in [5.41, 5.74) is 9.17. The first-order valence-corrected chi connectivity index (χ1v) is 9.83. The molecule has 0 bridgehead atoms. The first-order chi connectivity index (χ1) is 15.1. The van der Waals surface area contributed by atoms with Crippen molar-refractivity contribution in [2.24, 2.45) is 0 Å². The van der Waals surface area contributed by atoms with Crippen molar-refractivity contribution in [3.63, 3.8) is 0 Å². The molecule has 0 aliphatic rings. The van der Waals surface area contributed by atoms with Crippen LogP contribution in [0.15, 0.2) is 85.2 Å². The molecule has 7 heteroatoms. The molecule has 3 aromatic heterocycles. The predicted octanol–water partition coefficient (Wildman–Crippen LogP) is 5.24. The van der Waals surface area contributed by atoms with Crippen molar-refractivity contribution in [3.8, 4) is 17.4 Å². The Morgan fingerprint density at radius 3 is 2.71 bits per heavy atom. The Hall–Kier alpha value is -4.39. The third-order valence-electron chi connectivity index (χ3n) is 4.75. The van der Waals surface area contributed by atoms with Crippen LogP contribution < -0.4 is 15.8 Å². The van der Waals surface area contributed by atoms with Crippen molar-refractivity contribution in [3.05, 3.63) is 90.9 Å². The molecule has 0 atom stereocenters. The maximum absolute atomic E-state index is 6.04. The van der Waals surface area contributed by atoms with E-state index in [1.807, 2.05) is 84.4 Å². The molecule has 152 valence electrons. The second-order valence-electron chi connectivity index (χ2n) is 7.12. The molecule has 0 amide bonds. The molecular formula is C24H20N6O. The summed E-state index contributed by atoms with van der Waals surface area (Å²) in [6, 6.07) is 23.0. The third-order valence-corrected chi connectivity index (χ3v) is 4.75. The van der Waals surface area contributed by atoms with Crippen LogP contribution in [-0.2, 0) is 0 Å². The maximum atomic E-state index is 6.04. The van der Waals surface area contributed by atoms with Crippen molar-refractivity contribution >= 4 is 28.2 Å². The summed E-state index contributed by atoms with van der Waals surface area (Å²) in [6.45, 7) is 1.90. The Bertz CT molecular complexity index is 1360. The molecule has 0 unspecified atom stereocenters. The topological polar surface area (TPSA) is 90.9 Å². The zero-order valence-corrected chi connectivity index (χ0v) is 16.9. The quantitative estimate of drug-likeness (QED) is 0.386. The molecule has 0 fully saturated rings. The fraction of sp³-hybridized carbons (Fsp3) is 0.0417. The smallest absolute Gasteiger partial charge is 0.230 e. The van der Waals surface area contributed by atoms with Gasteiger partial charge in [0, 0.05) is 40.9 Å². The predicted molar refractivity (Wildman–Crippen MR) is 122 cm³/mol. The van der Waals surface area contributed by atoms with E-state index in [0.717, 1.165) is 28.1 Å². The van der Waals surface area contributed by atoms with Crippen molar-refractivity contribution in [1.29, 1.82) is 0 Å². The van der Waals surface area contributed by atoms with Crippen LogP contribution in [-0.4, -0.2) is 19.5 Å². The van der Waals surface area contributed by atoms with E-state index < -0.39 is 0 Å². The van der Waals surface area contributed by atoms with Gasteiger partial charge in [0.25, 0.3) is 0 Å². The summed E-state index contributed by atoms with van der Waals surface area (Å²) in [4.78, 5) is 13.3. The number of nitrogen functional groups attached to an aromatic ring is 1. The van der Waals surface area contributed by atoms with Gasteiger partial charge in [-0.1, -0.05) is 12.1 Å².